The lowest BCUT2D eigenvalue weighted by Crippen LogP contribution is -2.35. The van der Waals surface area contributed by atoms with Gasteiger partial charge in [-0.15, -0.1) is 10.2 Å². The Morgan fingerprint density at radius 2 is 2.07 bits per heavy atom. The molecule has 14 heavy (non-hydrogen) atoms. The molecule has 1 fully saturated rings. The normalized spacial score (nSPS) is 21.0. The number of hydrogen-bond acceptors (Lipinski definition) is 5. The molecule has 2 heterocycles. The van der Waals surface area contributed by atoms with Crippen LogP contribution in [0.2, 0.25) is 0 Å². The number of methoxy groups -OCH3 is 1. The predicted octanol–water partition coefficient (Wildman–Crippen LogP) is 1.33. The lowest BCUT2D eigenvalue weighted by molar-refractivity contribution is -0.110. The van der Waals surface area contributed by atoms with E-state index in [1.54, 1.807) is 7.11 Å². The number of halogens is 1. The van der Waals surface area contributed by atoms with E-state index in [1.165, 1.54) is 0 Å². The number of nitrogens with zero attached hydrogens (tertiary/aromatic N) is 2. The number of hydrogen-bond donors (Lipinski definition) is 0. The lowest BCUT2D eigenvalue weighted by Gasteiger charge is -2.32. The fraction of sp³-hybridized carbons (Fsp3) is 0.750. The Balaban J connectivity index is 2.26. The predicted molar refractivity (Wildman–Crippen MR) is 55.8 cm³/mol. The van der Waals surface area contributed by atoms with Crippen LogP contribution < -0.4 is 0 Å². The third-order valence-corrected chi connectivity index (χ3v) is 2.92. The molecule has 0 amide bonds. The van der Waals surface area contributed by atoms with Gasteiger partial charge in [-0.05, 0) is 0 Å². The van der Waals surface area contributed by atoms with Crippen molar-refractivity contribution in [3.63, 3.8) is 0 Å². The molecule has 78 valence electrons. The Morgan fingerprint density at radius 1 is 1.36 bits per heavy atom. The summed E-state index contributed by atoms with van der Waals surface area (Å²) in [5.41, 5.74) is -0.436. The molecule has 1 saturated heterocycles. The second-order valence-electron chi connectivity index (χ2n) is 3.17. The van der Waals surface area contributed by atoms with Gasteiger partial charge in [-0.25, -0.2) is 0 Å². The first kappa shape index (κ1) is 10.3. The second-order valence-corrected chi connectivity index (χ2v) is 4.09. The Bertz CT molecular complexity index is 309. The molecule has 1 aliphatic rings. The van der Waals surface area contributed by atoms with Crippen LogP contribution >= 0.6 is 22.6 Å². The van der Waals surface area contributed by atoms with Crippen molar-refractivity contribution >= 4 is 22.6 Å². The highest BCUT2D eigenvalue weighted by Gasteiger charge is 2.39. The fourth-order valence-electron chi connectivity index (χ4n) is 1.60. The maximum absolute atomic E-state index is 5.50. The number of aromatic nitrogens is 2. The minimum atomic E-state index is -0.436. The minimum Gasteiger partial charge on any atom is -0.413 e. The molecule has 0 atom stereocenters. The minimum absolute atomic E-state index is 0.436. The second kappa shape index (κ2) is 4.11. The Kier molecular flexibility index (Phi) is 3.03. The summed E-state index contributed by atoms with van der Waals surface area (Å²) in [6.45, 7) is 1.35. The summed E-state index contributed by atoms with van der Waals surface area (Å²) in [7, 11) is 1.67. The SMILES string of the molecule is COC1(c2nnc(I)o2)CCOCC1. The Morgan fingerprint density at radius 3 is 2.57 bits per heavy atom. The highest BCUT2D eigenvalue weighted by molar-refractivity contribution is 14.1. The first-order valence-electron chi connectivity index (χ1n) is 4.39. The highest BCUT2D eigenvalue weighted by atomic mass is 127. The molecule has 0 N–H and O–H groups in total. The molecule has 5 nitrogen and oxygen atoms in total. The molecular formula is C8H11IN2O3. The van der Waals surface area contributed by atoms with Crippen molar-refractivity contribution in [1.29, 1.82) is 0 Å². The van der Waals surface area contributed by atoms with Crippen LogP contribution in [0.5, 0.6) is 0 Å². The van der Waals surface area contributed by atoms with Gasteiger partial charge >= 0.3 is 0 Å². The van der Waals surface area contributed by atoms with Gasteiger partial charge in [-0.2, -0.15) is 0 Å². The highest BCUT2D eigenvalue weighted by Crippen LogP contribution is 2.34. The van der Waals surface area contributed by atoms with Crippen LogP contribution in [0.1, 0.15) is 18.7 Å². The van der Waals surface area contributed by atoms with Crippen LogP contribution in [-0.2, 0) is 15.1 Å². The standard InChI is InChI=1S/C8H11IN2O3/c1-12-8(2-4-13-5-3-8)6-10-11-7(9)14-6/h2-5H2,1H3. The molecule has 0 unspecified atom stereocenters. The molecular weight excluding hydrogens is 299 g/mol. The molecule has 6 heteroatoms. The van der Waals surface area contributed by atoms with E-state index in [0.717, 1.165) is 12.8 Å². The summed E-state index contributed by atoms with van der Waals surface area (Å²) < 4.78 is 16.7. The molecule has 1 aromatic heterocycles. The average molecular weight is 310 g/mol. The zero-order valence-electron chi connectivity index (χ0n) is 7.83. The molecule has 0 aliphatic carbocycles. The summed E-state index contributed by atoms with van der Waals surface area (Å²) in [6, 6.07) is 0. The molecule has 1 aromatic rings. The van der Waals surface area contributed by atoms with Crippen LogP contribution in [0.3, 0.4) is 0 Å². The molecule has 2 rings (SSSR count). The van der Waals surface area contributed by atoms with E-state index >= 15 is 0 Å². The van der Waals surface area contributed by atoms with Gasteiger partial charge in [0, 0.05) is 55.8 Å². The van der Waals surface area contributed by atoms with Crippen molar-refractivity contribution in [2.75, 3.05) is 20.3 Å². The van der Waals surface area contributed by atoms with Crippen molar-refractivity contribution in [2.24, 2.45) is 0 Å². The smallest absolute Gasteiger partial charge is 0.278 e. The van der Waals surface area contributed by atoms with E-state index in [2.05, 4.69) is 10.2 Å². The van der Waals surface area contributed by atoms with Gasteiger partial charge in [-0.1, -0.05) is 0 Å². The van der Waals surface area contributed by atoms with E-state index in [1.807, 2.05) is 22.6 Å². The zero-order valence-corrected chi connectivity index (χ0v) is 9.98. The quantitative estimate of drug-likeness (QED) is 0.771. The first-order chi connectivity index (χ1) is 6.77. The van der Waals surface area contributed by atoms with Crippen molar-refractivity contribution in [3.05, 3.63) is 9.79 Å². The summed E-state index contributed by atoms with van der Waals surface area (Å²) in [6.07, 6.45) is 1.53. The zero-order chi connectivity index (χ0) is 10.0. The van der Waals surface area contributed by atoms with Gasteiger partial charge in [0.2, 0.25) is 5.89 Å². The summed E-state index contributed by atoms with van der Waals surface area (Å²) in [5, 5.41) is 7.81. The van der Waals surface area contributed by atoms with Crippen molar-refractivity contribution in [3.8, 4) is 0 Å². The average Bonchev–Trinajstić information content (AvgIpc) is 2.66. The van der Waals surface area contributed by atoms with Crippen LogP contribution in [-0.4, -0.2) is 30.5 Å². The third kappa shape index (κ3) is 1.78. The monoisotopic (exact) mass is 310 g/mol. The molecule has 0 aromatic carbocycles. The maximum atomic E-state index is 5.50. The third-order valence-electron chi connectivity index (χ3n) is 2.48. The lowest BCUT2D eigenvalue weighted by atomic mass is 9.94. The Hall–Kier alpha value is -0.210. The molecule has 0 bridgehead atoms. The fourth-order valence-corrected chi connectivity index (χ4v) is 1.91. The van der Waals surface area contributed by atoms with Gasteiger partial charge in [0.05, 0.1) is 0 Å². The van der Waals surface area contributed by atoms with Crippen LogP contribution in [0.25, 0.3) is 0 Å². The van der Waals surface area contributed by atoms with E-state index in [9.17, 15) is 0 Å². The van der Waals surface area contributed by atoms with E-state index in [4.69, 9.17) is 13.9 Å². The van der Waals surface area contributed by atoms with Crippen LogP contribution in [0, 0.1) is 3.90 Å². The van der Waals surface area contributed by atoms with Crippen molar-refractivity contribution in [1.82, 2.24) is 10.2 Å². The number of ether oxygens (including phenoxy) is 2. The molecule has 0 radical (unpaired) electrons. The molecule has 0 saturated carbocycles. The molecule has 0 spiro atoms. The maximum Gasteiger partial charge on any atom is 0.278 e. The summed E-state index contributed by atoms with van der Waals surface area (Å²) in [5.74, 6) is 0.563. The van der Waals surface area contributed by atoms with E-state index < -0.39 is 5.60 Å². The van der Waals surface area contributed by atoms with Gasteiger partial charge in [0.1, 0.15) is 5.60 Å². The van der Waals surface area contributed by atoms with Crippen LogP contribution in [0.4, 0.5) is 0 Å². The van der Waals surface area contributed by atoms with Crippen molar-refractivity contribution in [2.45, 2.75) is 18.4 Å². The first-order valence-corrected chi connectivity index (χ1v) is 5.47. The van der Waals surface area contributed by atoms with E-state index in [-0.39, 0.29) is 0 Å². The van der Waals surface area contributed by atoms with E-state index in [0.29, 0.717) is 23.0 Å². The number of rotatable bonds is 2. The van der Waals surface area contributed by atoms with Gasteiger partial charge in [-0.3, -0.25) is 0 Å². The largest absolute Gasteiger partial charge is 0.413 e. The molecule has 1 aliphatic heterocycles. The van der Waals surface area contributed by atoms with Gasteiger partial charge in [0.15, 0.2) is 0 Å². The Labute approximate surface area is 95.3 Å². The van der Waals surface area contributed by atoms with Gasteiger partial charge in [0.25, 0.3) is 3.90 Å². The topological polar surface area (TPSA) is 57.4 Å². The van der Waals surface area contributed by atoms with Crippen molar-refractivity contribution < 1.29 is 13.9 Å². The van der Waals surface area contributed by atoms with Gasteiger partial charge < -0.3 is 13.9 Å². The van der Waals surface area contributed by atoms with Crippen LogP contribution in [0.15, 0.2) is 4.42 Å². The summed E-state index contributed by atoms with van der Waals surface area (Å²) >= 11 is 1.99. The summed E-state index contributed by atoms with van der Waals surface area (Å²) in [4.78, 5) is 0.